The van der Waals surface area contributed by atoms with E-state index in [1.807, 2.05) is 13.0 Å². The van der Waals surface area contributed by atoms with Gasteiger partial charge in [0.15, 0.2) is 0 Å². The maximum Gasteiger partial charge on any atom is 0.335 e. The number of rotatable bonds is 5. The second-order valence-electron chi connectivity index (χ2n) is 10.1. The van der Waals surface area contributed by atoms with Crippen LogP contribution in [0.15, 0.2) is 36.9 Å². The molecule has 0 aliphatic rings. The number of carbonyl (C=O) groups excluding carboxylic acids is 1. The summed E-state index contributed by atoms with van der Waals surface area (Å²) in [5.41, 5.74) is 5.53. The standard InChI is InChI=1S/C27H36O3/c1-10-18-14-19(24(29)21(15-18)26(4,5)6)16-20-12-17(3)13-22(27(7,8)9)25(20)30-23(28)11-2/h11-15,29H,2,10,16H2,1,3-9H3. The van der Waals surface area contributed by atoms with Crippen molar-refractivity contribution < 1.29 is 14.6 Å². The quantitative estimate of drug-likeness (QED) is 0.347. The fourth-order valence-electron chi connectivity index (χ4n) is 3.68. The summed E-state index contributed by atoms with van der Waals surface area (Å²) in [5.74, 6) is 0.406. The highest BCUT2D eigenvalue weighted by atomic mass is 16.5. The Morgan fingerprint density at radius 2 is 1.60 bits per heavy atom. The Morgan fingerprint density at radius 1 is 1.00 bits per heavy atom. The summed E-state index contributed by atoms with van der Waals surface area (Å²) in [5, 5.41) is 11.1. The van der Waals surface area contributed by atoms with Crippen LogP contribution < -0.4 is 4.74 Å². The molecule has 0 aromatic heterocycles. The van der Waals surface area contributed by atoms with E-state index in [4.69, 9.17) is 4.74 Å². The average molecular weight is 409 g/mol. The van der Waals surface area contributed by atoms with E-state index in [9.17, 15) is 9.90 Å². The molecule has 0 heterocycles. The molecule has 30 heavy (non-hydrogen) atoms. The lowest BCUT2D eigenvalue weighted by molar-refractivity contribution is -0.129. The zero-order valence-corrected chi connectivity index (χ0v) is 19.8. The molecule has 0 radical (unpaired) electrons. The van der Waals surface area contributed by atoms with Gasteiger partial charge in [-0.2, -0.15) is 0 Å². The maximum absolute atomic E-state index is 12.1. The van der Waals surface area contributed by atoms with E-state index in [1.165, 1.54) is 11.6 Å². The predicted molar refractivity (Wildman–Crippen MR) is 125 cm³/mol. The van der Waals surface area contributed by atoms with Crippen molar-refractivity contribution >= 4 is 5.97 Å². The van der Waals surface area contributed by atoms with Crippen molar-refractivity contribution in [3.05, 3.63) is 70.3 Å². The molecule has 0 spiro atoms. The van der Waals surface area contributed by atoms with Crippen LogP contribution in [-0.4, -0.2) is 11.1 Å². The lowest BCUT2D eigenvalue weighted by Gasteiger charge is -2.26. The zero-order chi connectivity index (χ0) is 22.9. The molecule has 162 valence electrons. The monoisotopic (exact) mass is 408 g/mol. The average Bonchev–Trinajstić information content (AvgIpc) is 2.63. The second kappa shape index (κ2) is 8.67. The Balaban J connectivity index is 2.72. The summed E-state index contributed by atoms with van der Waals surface area (Å²) >= 11 is 0. The van der Waals surface area contributed by atoms with Crippen molar-refractivity contribution in [3.8, 4) is 11.5 Å². The normalized spacial score (nSPS) is 12.0. The lowest BCUT2D eigenvalue weighted by atomic mass is 9.81. The molecule has 1 N–H and O–H groups in total. The molecule has 0 atom stereocenters. The van der Waals surface area contributed by atoms with Gasteiger partial charge in [0.1, 0.15) is 11.5 Å². The van der Waals surface area contributed by atoms with Crippen LogP contribution in [0.2, 0.25) is 0 Å². The van der Waals surface area contributed by atoms with Gasteiger partial charge in [0.2, 0.25) is 0 Å². The maximum atomic E-state index is 12.1. The van der Waals surface area contributed by atoms with Gasteiger partial charge in [0.05, 0.1) is 0 Å². The van der Waals surface area contributed by atoms with Gasteiger partial charge < -0.3 is 9.84 Å². The summed E-state index contributed by atoms with van der Waals surface area (Å²) in [7, 11) is 0. The molecule has 0 amide bonds. The summed E-state index contributed by atoms with van der Waals surface area (Å²) in [4.78, 5) is 12.1. The number of aromatic hydroxyl groups is 1. The van der Waals surface area contributed by atoms with Gasteiger partial charge in [0.25, 0.3) is 0 Å². The van der Waals surface area contributed by atoms with Gasteiger partial charge in [-0.1, -0.05) is 84.9 Å². The summed E-state index contributed by atoms with van der Waals surface area (Å²) < 4.78 is 5.73. The zero-order valence-electron chi connectivity index (χ0n) is 19.8. The third-order valence-corrected chi connectivity index (χ3v) is 5.33. The summed E-state index contributed by atoms with van der Waals surface area (Å²) in [6, 6.07) is 8.25. The van der Waals surface area contributed by atoms with Crippen molar-refractivity contribution in [2.24, 2.45) is 0 Å². The number of carbonyl (C=O) groups is 1. The van der Waals surface area contributed by atoms with Crippen LogP contribution in [0.4, 0.5) is 0 Å². The topological polar surface area (TPSA) is 46.5 Å². The molecular weight excluding hydrogens is 372 g/mol. The van der Waals surface area contributed by atoms with Crippen LogP contribution in [0.25, 0.3) is 0 Å². The van der Waals surface area contributed by atoms with Crippen LogP contribution in [-0.2, 0) is 28.5 Å². The van der Waals surface area contributed by atoms with Crippen molar-refractivity contribution in [2.75, 3.05) is 0 Å². The number of hydrogen-bond acceptors (Lipinski definition) is 3. The number of ether oxygens (including phenoxy) is 1. The SMILES string of the molecule is C=CC(=O)Oc1c(Cc2cc(CC)cc(C(C)(C)C)c2O)cc(C)cc1C(C)(C)C. The van der Waals surface area contributed by atoms with Gasteiger partial charge >= 0.3 is 5.97 Å². The first kappa shape index (κ1) is 23.7. The molecule has 2 aromatic carbocycles. The summed E-state index contributed by atoms with van der Waals surface area (Å²) in [6.07, 6.45) is 2.55. The number of esters is 1. The first-order valence-electron chi connectivity index (χ1n) is 10.6. The Labute approximate surface area is 181 Å². The van der Waals surface area contributed by atoms with Gasteiger partial charge in [-0.05, 0) is 46.4 Å². The van der Waals surface area contributed by atoms with E-state index in [0.29, 0.717) is 17.9 Å². The fourth-order valence-corrected chi connectivity index (χ4v) is 3.68. The smallest absolute Gasteiger partial charge is 0.335 e. The molecule has 0 aliphatic heterocycles. The van der Waals surface area contributed by atoms with Gasteiger partial charge in [-0.3, -0.25) is 0 Å². The second-order valence-corrected chi connectivity index (χ2v) is 10.1. The Kier molecular flexibility index (Phi) is 6.86. The molecule has 0 bridgehead atoms. The van der Waals surface area contributed by atoms with Gasteiger partial charge in [0, 0.05) is 18.1 Å². The minimum atomic E-state index is -0.479. The van der Waals surface area contributed by atoms with Gasteiger partial charge in [-0.25, -0.2) is 4.79 Å². The van der Waals surface area contributed by atoms with Crippen LogP contribution in [0.5, 0.6) is 11.5 Å². The number of phenols is 1. The minimum Gasteiger partial charge on any atom is -0.507 e. The number of aryl methyl sites for hydroxylation is 2. The number of hydrogen-bond donors (Lipinski definition) is 1. The molecule has 3 heteroatoms. The van der Waals surface area contributed by atoms with E-state index in [2.05, 4.69) is 73.2 Å². The molecule has 2 aromatic rings. The third-order valence-electron chi connectivity index (χ3n) is 5.33. The molecule has 0 aliphatic carbocycles. The van der Waals surface area contributed by atoms with E-state index < -0.39 is 5.97 Å². The predicted octanol–water partition coefficient (Wildman–Crippen LogP) is 6.54. The molecule has 0 saturated carbocycles. The Hall–Kier alpha value is -2.55. The largest absolute Gasteiger partial charge is 0.507 e. The molecule has 3 nitrogen and oxygen atoms in total. The third kappa shape index (κ3) is 5.33. The summed E-state index contributed by atoms with van der Waals surface area (Å²) in [6.45, 7) is 20.3. The molecule has 0 fully saturated rings. The van der Waals surface area contributed by atoms with Crippen molar-refractivity contribution in [3.63, 3.8) is 0 Å². The highest BCUT2D eigenvalue weighted by Crippen LogP contribution is 2.40. The van der Waals surface area contributed by atoms with Crippen LogP contribution in [0, 0.1) is 6.92 Å². The minimum absolute atomic E-state index is 0.175. The van der Waals surface area contributed by atoms with Crippen LogP contribution >= 0.6 is 0 Å². The molecular formula is C27H36O3. The Bertz CT molecular complexity index is 954. The van der Waals surface area contributed by atoms with Crippen molar-refractivity contribution in [2.45, 2.75) is 79.1 Å². The van der Waals surface area contributed by atoms with Crippen LogP contribution in [0.1, 0.15) is 81.8 Å². The number of phenolic OH excluding ortho intramolecular Hbond substituents is 1. The highest BCUT2D eigenvalue weighted by Gasteiger charge is 2.26. The van der Waals surface area contributed by atoms with Crippen molar-refractivity contribution in [1.29, 1.82) is 0 Å². The number of benzene rings is 2. The van der Waals surface area contributed by atoms with E-state index in [1.54, 1.807) is 0 Å². The first-order chi connectivity index (χ1) is 13.8. The van der Waals surface area contributed by atoms with Gasteiger partial charge in [-0.15, -0.1) is 0 Å². The van der Waals surface area contributed by atoms with Crippen molar-refractivity contribution in [1.82, 2.24) is 0 Å². The van der Waals surface area contributed by atoms with E-state index in [0.717, 1.165) is 34.2 Å². The van der Waals surface area contributed by atoms with E-state index >= 15 is 0 Å². The Morgan fingerprint density at radius 3 is 2.10 bits per heavy atom. The fraction of sp³-hybridized carbons (Fsp3) is 0.444. The first-order valence-corrected chi connectivity index (χ1v) is 10.6. The lowest BCUT2D eigenvalue weighted by Crippen LogP contribution is -2.17. The highest BCUT2D eigenvalue weighted by molar-refractivity contribution is 5.84. The van der Waals surface area contributed by atoms with Crippen LogP contribution in [0.3, 0.4) is 0 Å². The van der Waals surface area contributed by atoms with E-state index in [-0.39, 0.29) is 10.8 Å². The molecule has 0 unspecified atom stereocenters. The molecule has 2 rings (SSSR count). The molecule has 0 saturated heterocycles.